The zero-order chi connectivity index (χ0) is 17.4. The van der Waals surface area contributed by atoms with Crippen LogP contribution in [-0.4, -0.2) is 26.8 Å². The Morgan fingerprint density at radius 2 is 2.04 bits per heavy atom. The number of pyridine rings is 1. The summed E-state index contributed by atoms with van der Waals surface area (Å²) >= 11 is 0. The highest BCUT2D eigenvalue weighted by atomic mass is 16.5. The third kappa shape index (κ3) is 2.65. The minimum Gasteiger partial charge on any atom is -0.494 e. The fourth-order valence-corrected chi connectivity index (χ4v) is 2.98. The van der Waals surface area contributed by atoms with Crippen molar-refractivity contribution in [3.8, 4) is 17.3 Å². The van der Waals surface area contributed by atoms with Crippen LogP contribution >= 0.6 is 0 Å². The van der Waals surface area contributed by atoms with E-state index in [4.69, 9.17) is 14.2 Å². The Balaban J connectivity index is 1.79. The summed E-state index contributed by atoms with van der Waals surface area (Å²) < 4.78 is 12.7. The summed E-state index contributed by atoms with van der Waals surface area (Å²) in [5, 5.41) is 5.06. The predicted octanol–water partition coefficient (Wildman–Crippen LogP) is 3.76. The molecule has 0 aliphatic heterocycles. The van der Waals surface area contributed by atoms with Gasteiger partial charge in [0.05, 0.1) is 19.3 Å². The number of hydrogen-bond donors (Lipinski definition) is 0. The van der Waals surface area contributed by atoms with E-state index in [0.29, 0.717) is 6.54 Å². The van der Waals surface area contributed by atoms with Crippen molar-refractivity contribution in [1.82, 2.24) is 19.7 Å². The lowest BCUT2D eigenvalue weighted by Gasteiger charge is -2.09. The van der Waals surface area contributed by atoms with E-state index >= 15 is 0 Å². The molecule has 0 saturated carbocycles. The third-order valence-corrected chi connectivity index (χ3v) is 4.36. The monoisotopic (exact) mass is 334 g/mol. The first-order chi connectivity index (χ1) is 12.2. The number of methoxy groups -OCH3 is 1. The lowest BCUT2D eigenvalue weighted by Crippen LogP contribution is -2.04. The van der Waals surface area contributed by atoms with Crippen molar-refractivity contribution in [2.75, 3.05) is 7.11 Å². The average molecular weight is 334 g/mol. The van der Waals surface area contributed by atoms with E-state index in [1.165, 1.54) is 0 Å². The Hall–Kier alpha value is -3.15. The van der Waals surface area contributed by atoms with E-state index in [1.807, 2.05) is 50.4 Å². The zero-order valence-corrected chi connectivity index (χ0v) is 14.4. The first-order valence-electron chi connectivity index (χ1n) is 8.04. The highest BCUT2D eigenvalue weighted by Crippen LogP contribution is 2.27. The van der Waals surface area contributed by atoms with Gasteiger partial charge in [-0.05, 0) is 26.0 Å². The maximum absolute atomic E-state index is 5.44. The molecule has 0 amide bonds. The molecule has 0 N–H and O–H groups in total. The molecule has 6 nitrogen and oxygen atoms in total. The molecule has 0 atom stereocenters. The van der Waals surface area contributed by atoms with Crippen LogP contribution in [0.3, 0.4) is 0 Å². The van der Waals surface area contributed by atoms with E-state index in [-0.39, 0.29) is 0 Å². The number of hydrogen-bond acceptors (Lipinski definition) is 5. The van der Waals surface area contributed by atoms with Crippen molar-refractivity contribution in [1.29, 1.82) is 0 Å². The summed E-state index contributed by atoms with van der Waals surface area (Å²) in [6.45, 7) is 4.51. The van der Waals surface area contributed by atoms with Crippen LogP contribution in [-0.2, 0) is 6.54 Å². The smallest absolute Gasteiger partial charge is 0.158 e. The molecule has 4 rings (SSSR count). The van der Waals surface area contributed by atoms with Gasteiger partial charge in [0.25, 0.3) is 0 Å². The molecular weight excluding hydrogens is 316 g/mol. The van der Waals surface area contributed by atoms with Gasteiger partial charge in [-0.1, -0.05) is 23.4 Å². The van der Waals surface area contributed by atoms with Gasteiger partial charge < -0.3 is 13.8 Å². The van der Waals surface area contributed by atoms with Gasteiger partial charge in [0.15, 0.2) is 5.82 Å². The van der Waals surface area contributed by atoms with Crippen molar-refractivity contribution < 1.29 is 9.26 Å². The van der Waals surface area contributed by atoms with Crippen LogP contribution in [0.1, 0.15) is 17.0 Å². The fraction of sp³-hybridized carbons (Fsp3) is 0.211. The predicted molar refractivity (Wildman–Crippen MR) is 94.6 cm³/mol. The number of rotatable bonds is 4. The molecule has 3 heterocycles. The van der Waals surface area contributed by atoms with Crippen molar-refractivity contribution in [2.24, 2.45) is 0 Å². The zero-order valence-electron chi connectivity index (χ0n) is 14.4. The second kappa shape index (κ2) is 6.05. The molecule has 126 valence electrons. The molecule has 0 spiro atoms. The summed E-state index contributed by atoms with van der Waals surface area (Å²) in [6, 6.07) is 9.91. The lowest BCUT2D eigenvalue weighted by molar-refractivity contribution is 0.392. The highest BCUT2D eigenvalue weighted by molar-refractivity contribution is 5.86. The number of fused-ring (bicyclic) bond motifs is 1. The molecule has 3 aromatic heterocycles. The second-order valence-electron chi connectivity index (χ2n) is 5.91. The molecule has 0 radical (unpaired) electrons. The Kier molecular flexibility index (Phi) is 3.72. The number of benzene rings is 1. The number of aromatic nitrogens is 4. The Labute approximate surface area is 145 Å². The maximum Gasteiger partial charge on any atom is 0.158 e. The number of imidazole rings is 1. The lowest BCUT2D eigenvalue weighted by atomic mass is 10.1. The molecule has 6 heteroatoms. The fourth-order valence-electron chi connectivity index (χ4n) is 2.98. The quantitative estimate of drug-likeness (QED) is 0.568. The summed E-state index contributed by atoms with van der Waals surface area (Å²) in [4.78, 5) is 9.27. The molecule has 0 unspecified atom stereocenters. The van der Waals surface area contributed by atoms with Gasteiger partial charge in [-0.15, -0.1) is 0 Å². The van der Waals surface area contributed by atoms with Crippen molar-refractivity contribution >= 4 is 10.9 Å². The number of ether oxygens (including phenoxy) is 1. The average Bonchev–Trinajstić information content (AvgIpc) is 3.22. The van der Waals surface area contributed by atoms with Gasteiger partial charge in [0.2, 0.25) is 0 Å². The molecule has 25 heavy (non-hydrogen) atoms. The minimum absolute atomic E-state index is 0.641. The summed E-state index contributed by atoms with van der Waals surface area (Å²) in [5.41, 5.74) is 3.59. The van der Waals surface area contributed by atoms with Crippen molar-refractivity contribution in [3.05, 3.63) is 59.7 Å². The van der Waals surface area contributed by atoms with Gasteiger partial charge in [0.1, 0.15) is 22.7 Å². The minimum atomic E-state index is 0.641. The number of nitrogens with zero attached hydrogens (tertiary/aromatic N) is 4. The van der Waals surface area contributed by atoms with Crippen LogP contribution in [0.4, 0.5) is 0 Å². The molecule has 0 aliphatic carbocycles. The Morgan fingerprint density at radius 3 is 2.80 bits per heavy atom. The first kappa shape index (κ1) is 15.4. The summed E-state index contributed by atoms with van der Waals surface area (Å²) in [6.07, 6.45) is 3.72. The van der Waals surface area contributed by atoms with Crippen LogP contribution in [0.25, 0.3) is 22.4 Å². The van der Waals surface area contributed by atoms with E-state index in [2.05, 4.69) is 14.7 Å². The van der Waals surface area contributed by atoms with Crippen LogP contribution < -0.4 is 4.74 Å². The highest BCUT2D eigenvalue weighted by Gasteiger charge is 2.14. The van der Waals surface area contributed by atoms with Gasteiger partial charge in [-0.25, -0.2) is 9.97 Å². The molecule has 0 bridgehead atoms. The van der Waals surface area contributed by atoms with Gasteiger partial charge in [-0.2, -0.15) is 0 Å². The number of para-hydroxylation sites is 1. The SMILES string of the molecule is COc1cccc2ccc(-c3nccn3Cc3c(C)noc3C)nc12. The van der Waals surface area contributed by atoms with Crippen LogP contribution in [0, 0.1) is 13.8 Å². The topological polar surface area (TPSA) is 66.0 Å². The maximum atomic E-state index is 5.44. The van der Waals surface area contributed by atoms with Gasteiger partial charge in [-0.3, -0.25) is 0 Å². The molecule has 1 aromatic carbocycles. The van der Waals surface area contributed by atoms with Crippen molar-refractivity contribution in [2.45, 2.75) is 20.4 Å². The van der Waals surface area contributed by atoms with Crippen LogP contribution in [0.15, 0.2) is 47.2 Å². The molecular formula is C19H18N4O2. The van der Waals surface area contributed by atoms with Gasteiger partial charge in [0, 0.05) is 23.3 Å². The Morgan fingerprint density at radius 1 is 1.16 bits per heavy atom. The van der Waals surface area contributed by atoms with Crippen molar-refractivity contribution in [3.63, 3.8) is 0 Å². The first-order valence-corrected chi connectivity index (χ1v) is 8.04. The molecule has 0 aliphatic rings. The molecule has 0 fully saturated rings. The van der Waals surface area contributed by atoms with Gasteiger partial charge >= 0.3 is 0 Å². The normalized spacial score (nSPS) is 11.2. The number of aryl methyl sites for hydroxylation is 2. The van der Waals surface area contributed by atoms with E-state index in [9.17, 15) is 0 Å². The van der Waals surface area contributed by atoms with Crippen LogP contribution in [0.2, 0.25) is 0 Å². The third-order valence-electron chi connectivity index (χ3n) is 4.36. The van der Waals surface area contributed by atoms with Crippen LogP contribution in [0.5, 0.6) is 5.75 Å². The van der Waals surface area contributed by atoms with E-state index in [1.54, 1.807) is 13.3 Å². The summed E-state index contributed by atoms with van der Waals surface area (Å²) in [7, 11) is 1.65. The largest absolute Gasteiger partial charge is 0.494 e. The second-order valence-corrected chi connectivity index (χ2v) is 5.91. The molecule has 4 aromatic rings. The Bertz CT molecular complexity index is 1030. The summed E-state index contributed by atoms with van der Waals surface area (Å²) in [5.74, 6) is 2.38. The van der Waals surface area contributed by atoms with E-state index in [0.717, 1.165) is 45.2 Å². The standard InChI is InChI=1S/C19H18N4O2/c1-12-15(13(2)25-22-12)11-23-10-9-20-19(23)16-8-7-14-5-4-6-17(24-3)18(14)21-16/h4-10H,11H2,1-3H3. The molecule has 0 saturated heterocycles. The van der Waals surface area contributed by atoms with E-state index < -0.39 is 0 Å².